The molecule has 0 rings (SSSR count). The third-order valence-electron chi connectivity index (χ3n) is 1.77. The fourth-order valence-electron chi connectivity index (χ4n) is 0.224. The average Bonchev–Trinajstić information content (AvgIpc) is 1.65. The van der Waals surface area contributed by atoms with Crippen LogP contribution in [-0.2, 0) is 4.79 Å². The Kier molecular flexibility index (Phi) is 4.69. The smallest absolute Gasteiger partial charge is 0.224 e. The molecule has 1 amide bonds. The Balaban J connectivity index is 0. The zero-order chi connectivity index (χ0) is 7.65. The number of halogens is 1. The molecule has 0 aromatic rings. The Hall–Kier alpha value is -0.280. The van der Waals surface area contributed by atoms with E-state index in [1.165, 1.54) is 0 Å². The molecule has 0 saturated heterocycles. The normalized spacial score (nSPS) is 13.6. The second-order valence-electron chi connectivity index (χ2n) is 2.87. The summed E-state index contributed by atoms with van der Waals surface area (Å²) in [4.78, 5) is 10.6. The molecular formula is C6H15ClN2O. The van der Waals surface area contributed by atoms with E-state index in [-0.39, 0.29) is 24.4 Å². The van der Waals surface area contributed by atoms with Gasteiger partial charge in [-0.1, -0.05) is 0 Å². The van der Waals surface area contributed by atoms with Crippen LogP contribution in [0.2, 0.25) is 0 Å². The van der Waals surface area contributed by atoms with Crippen LogP contribution in [0.5, 0.6) is 0 Å². The third kappa shape index (κ3) is 2.54. The van der Waals surface area contributed by atoms with Crippen LogP contribution in [0.25, 0.3) is 0 Å². The van der Waals surface area contributed by atoms with Crippen molar-refractivity contribution in [1.29, 1.82) is 0 Å². The molecule has 3 nitrogen and oxygen atoms in total. The lowest BCUT2D eigenvalue weighted by atomic mass is 9.85. The van der Waals surface area contributed by atoms with Crippen molar-refractivity contribution in [2.75, 3.05) is 0 Å². The molecule has 0 spiro atoms. The van der Waals surface area contributed by atoms with Crippen LogP contribution in [0.4, 0.5) is 0 Å². The molecule has 0 aliphatic carbocycles. The van der Waals surface area contributed by atoms with Gasteiger partial charge in [0, 0.05) is 6.04 Å². The molecule has 0 radical (unpaired) electrons. The molecule has 0 aromatic heterocycles. The number of primary amides is 1. The molecule has 0 aromatic carbocycles. The van der Waals surface area contributed by atoms with Gasteiger partial charge in [-0.25, -0.2) is 0 Å². The van der Waals surface area contributed by atoms with Gasteiger partial charge in [-0.2, -0.15) is 0 Å². The summed E-state index contributed by atoms with van der Waals surface area (Å²) in [5.41, 5.74) is 9.94. The van der Waals surface area contributed by atoms with Gasteiger partial charge in [0.2, 0.25) is 5.91 Å². The standard InChI is InChI=1S/C6H14N2O.ClH/c1-4(7)6(2,3)5(8)9;/h4H,7H2,1-3H3,(H2,8,9);1H. The predicted molar refractivity (Wildman–Crippen MR) is 43.9 cm³/mol. The van der Waals surface area contributed by atoms with Gasteiger partial charge in [0.1, 0.15) is 0 Å². The van der Waals surface area contributed by atoms with E-state index in [1.54, 1.807) is 20.8 Å². The van der Waals surface area contributed by atoms with Crippen LogP contribution in [0.1, 0.15) is 20.8 Å². The van der Waals surface area contributed by atoms with Gasteiger partial charge in [0.25, 0.3) is 0 Å². The Morgan fingerprint density at radius 1 is 1.50 bits per heavy atom. The summed E-state index contributed by atoms with van der Waals surface area (Å²) >= 11 is 0. The third-order valence-corrected chi connectivity index (χ3v) is 1.77. The van der Waals surface area contributed by atoms with E-state index in [9.17, 15) is 4.79 Å². The summed E-state index contributed by atoms with van der Waals surface area (Å²) in [6.07, 6.45) is 0. The molecule has 62 valence electrons. The quantitative estimate of drug-likeness (QED) is 0.618. The molecule has 0 fully saturated rings. The Labute approximate surface area is 67.6 Å². The van der Waals surface area contributed by atoms with E-state index in [1.807, 2.05) is 0 Å². The van der Waals surface area contributed by atoms with Gasteiger partial charge in [-0.3, -0.25) is 4.79 Å². The van der Waals surface area contributed by atoms with E-state index in [2.05, 4.69) is 0 Å². The first kappa shape index (κ1) is 12.4. The Morgan fingerprint density at radius 3 is 1.80 bits per heavy atom. The van der Waals surface area contributed by atoms with Crippen LogP contribution < -0.4 is 11.5 Å². The summed E-state index contributed by atoms with van der Waals surface area (Å²) in [7, 11) is 0. The minimum Gasteiger partial charge on any atom is -0.369 e. The highest BCUT2D eigenvalue weighted by molar-refractivity contribution is 5.85. The number of carbonyl (C=O) groups is 1. The summed E-state index contributed by atoms with van der Waals surface area (Å²) in [6, 6.07) is -0.185. The van der Waals surface area contributed by atoms with Gasteiger partial charge in [-0.05, 0) is 20.8 Å². The summed E-state index contributed by atoms with van der Waals surface area (Å²) in [5.74, 6) is -0.350. The lowest BCUT2D eigenvalue weighted by molar-refractivity contribution is -0.126. The first-order chi connectivity index (χ1) is 3.89. The lowest BCUT2D eigenvalue weighted by Gasteiger charge is -2.24. The molecule has 10 heavy (non-hydrogen) atoms. The minimum atomic E-state index is -0.583. The molecular weight excluding hydrogens is 152 g/mol. The van der Waals surface area contributed by atoms with Gasteiger partial charge < -0.3 is 11.5 Å². The molecule has 4 N–H and O–H groups in total. The minimum absolute atomic E-state index is 0. The maximum Gasteiger partial charge on any atom is 0.224 e. The Morgan fingerprint density at radius 2 is 1.80 bits per heavy atom. The molecule has 1 atom stereocenters. The van der Waals surface area contributed by atoms with Crippen molar-refractivity contribution in [1.82, 2.24) is 0 Å². The van der Waals surface area contributed by atoms with Gasteiger partial charge >= 0.3 is 0 Å². The number of amides is 1. The van der Waals surface area contributed by atoms with Crippen LogP contribution in [-0.4, -0.2) is 11.9 Å². The number of hydrogen-bond donors (Lipinski definition) is 2. The Bertz CT molecular complexity index is 123. The average molecular weight is 167 g/mol. The SMILES string of the molecule is CC(N)C(C)(C)C(N)=O.Cl. The highest BCUT2D eigenvalue weighted by Gasteiger charge is 2.28. The van der Waals surface area contributed by atoms with E-state index in [4.69, 9.17) is 11.5 Å². The van der Waals surface area contributed by atoms with Crippen molar-refractivity contribution >= 4 is 18.3 Å². The van der Waals surface area contributed by atoms with Crippen LogP contribution >= 0.6 is 12.4 Å². The number of nitrogens with two attached hydrogens (primary N) is 2. The largest absolute Gasteiger partial charge is 0.369 e. The maximum atomic E-state index is 10.6. The second-order valence-corrected chi connectivity index (χ2v) is 2.87. The first-order valence-electron chi connectivity index (χ1n) is 2.94. The van der Waals surface area contributed by atoms with Gasteiger partial charge in [0.15, 0.2) is 0 Å². The molecule has 0 bridgehead atoms. The summed E-state index contributed by atoms with van der Waals surface area (Å²) in [6.45, 7) is 5.24. The molecule has 0 saturated carbocycles. The van der Waals surface area contributed by atoms with Gasteiger partial charge in [-0.15, -0.1) is 12.4 Å². The van der Waals surface area contributed by atoms with Crippen molar-refractivity contribution in [2.45, 2.75) is 26.8 Å². The summed E-state index contributed by atoms with van der Waals surface area (Å²) < 4.78 is 0. The van der Waals surface area contributed by atoms with Crippen molar-refractivity contribution in [3.63, 3.8) is 0 Å². The molecule has 4 heteroatoms. The van der Waals surface area contributed by atoms with Crippen molar-refractivity contribution < 1.29 is 4.79 Å². The number of carbonyl (C=O) groups excluding carboxylic acids is 1. The van der Waals surface area contributed by atoms with Gasteiger partial charge in [0.05, 0.1) is 5.41 Å². The van der Waals surface area contributed by atoms with E-state index in [0.29, 0.717) is 0 Å². The fraction of sp³-hybridized carbons (Fsp3) is 0.833. The maximum absolute atomic E-state index is 10.6. The zero-order valence-corrected chi connectivity index (χ0v) is 7.37. The topological polar surface area (TPSA) is 69.1 Å². The molecule has 0 aliphatic rings. The summed E-state index contributed by atoms with van der Waals surface area (Å²) in [5, 5.41) is 0. The monoisotopic (exact) mass is 166 g/mol. The predicted octanol–water partition coefficient (Wildman–Crippen LogP) is 0.267. The highest BCUT2D eigenvalue weighted by atomic mass is 35.5. The van der Waals surface area contributed by atoms with Crippen LogP contribution in [0.3, 0.4) is 0 Å². The van der Waals surface area contributed by atoms with E-state index < -0.39 is 5.41 Å². The molecule has 0 heterocycles. The first-order valence-corrected chi connectivity index (χ1v) is 2.94. The molecule has 1 unspecified atom stereocenters. The van der Waals surface area contributed by atoms with Crippen molar-refractivity contribution in [3.05, 3.63) is 0 Å². The van der Waals surface area contributed by atoms with Crippen LogP contribution in [0, 0.1) is 5.41 Å². The molecule has 0 aliphatic heterocycles. The van der Waals surface area contributed by atoms with E-state index in [0.717, 1.165) is 0 Å². The highest BCUT2D eigenvalue weighted by Crippen LogP contribution is 2.16. The number of rotatable bonds is 2. The second kappa shape index (κ2) is 3.78. The number of hydrogen-bond acceptors (Lipinski definition) is 2. The van der Waals surface area contributed by atoms with Crippen LogP contribution in [0.15, 0.2) is 0 Å². The van der Waals surface area contributed by atoms with Crippen molar-refractivity contribution in [2.24, 2.45) is 16.9 Å². The zero-order valence-electron chi connectivity index (χ0n) is 6.55. The fourth-order valence-corrected chi connectivity index (χ4v) is 0.224. The van der Waals surface area contributed by atoms with Crippen molar-refractivity contribution in [3.8, 4) is 0 Å². The van der Waals surface area contributed by atoms with E-state index >= 15 is 0 Å². The lowest BCUT2D eigenvalue weighted by Crippen LogP contribution is -2.44.